The van der Waals surface area contributed by atoms with Crippen molar-refractivity contribution in [1.82, 2.24) is 9.78 Å². The van der Waals surface area contributed by atoms with E-state index in [9.17, 15) is 4.79 Å². The predicted molar refractivity (Wildman–Crippen MR) is 106 cm³/mol. The third kappa shape index (κ3) is 4.09. The van der Waals surface area contributed by atoms with Gasteiger partial charge >= 0.3 is 0 Å². The van der Waals surface area contributed by atoms with Gasteiger partial charge in [-0.25, -0.2) is 0 Å². The van der Waals surface area contributed by atoms with Crippen molar-refractivity contribution in [2.24, 2.45) is 0 Å². The normalized spacial score (nSPS) is 11.0. The van der Waals surface area contributed by atoms with E-state index in [0.717, 1.165) is 22.6 Å². The van der Waals surface area contributed by atoms with Crippen LogP contribution in [0.3, 0.4) is 0 Å². The number of carbonyl (C=O) groups is 1. The molecule has 26 heavy (non-hydrogen) atoms. The highest BCUT2D eigenvalue weighted by Crippen LogP contribution is 2.21. The van der Waals surface area contributed by atoms with Gasteiger partial charge in [-0.15, -0.1) is 0 Å². The largest absolute Gasteiger partial charge is 0.319 e. The van der Waals surface area contributed by atoms with E-state index in [2.05, 4.69) is 29.5 Å². The SMILES string of the molecule is Cc1ccccc1Cn1nc(C)c(NC(=O)C=Cc2ccccc2)c1C. The minimum absolute atomic E-state index is 0.157. The fraction of sp³-hybridized carbons (Fsp3) is 0.182. The minimum atomic E-state index is -0.157. The summed E-state index contributed by atoms with van der Waals surface area (Å²) >= 11 is 0. The molecule has 0 saturated carbocycles. The molecule has 0 aliphatic heterocycles. The second-order valence-corrected chi connectivity index (χ2v) is 6.36. The van der Waals surface area contributed by atoms with Gasteiger partial charge in [-0.3, -0.25) is 9.48 Å². The maximum absolute atomic E-state index is 12.3. The summed E-state index contributed by atoms with van der Waals surface area (Å²) in [5, 5.41) is 7.56. The molecule has 0 saturated heterocycles. The van der Waals surface area contributed by atoms with Gasteiger partial charge in [-0.2, -0.15) is 5.10 Å². The number of nitrogens with zero attached hydrogens (tertiary/aromatic N) is 2. The molecule has 0 atom stereocenters. The molecule has 4 nitrogen and oxygen atoms in total. The van der Waals surface area contributed by atoms with Gasteiger partial charge in [0.05, 0.1) is 23.6 Å². The Kier molecular flexibility index (Phi) is 5.32. The Bertz CT molecular complexity index is 939. The summed E-state index contributed by atoms with van der Waals surface area (Å²) < 4.78 is 1.94. The summed E-state index contributed by atoms with van der Waals surface area (Å²) in [6.07, 6.45) is 3.35. The topological polar surface area (TPSA) is 46.9 Å². The molecular formula is C22H23N3O. The van der Waals surface area contributed by atoms with Gasteiger partial charge in [0, 0.05) is 6.08 Å². The summed E-state index contributed by atoms with van der Waals surface area (Å²) in [6.45, 7) is 6.68. The first-order valence-corrected chi connectivity index (χ1v) is 8.67. The second kappa shape index (κ2) is 7.83. The molecule has 132 valence electrons. The van der Waals surface area contributed by atoms with Gasteiger partial charge in [0.25, 0.3) is 0 Å². The molecule has 0 aliphatic carbocycles. The molecule has 0 spiro atoms. The predicted octanol–water partition coefficient (Wildman–Crippen LogP) is 4.51. The number of aromatic nitrogens is 2. The van der Waals surface area contributed by atoms with Crippen LogP contribution < -0.4 is 5.32 Å². The molecule has 0 radical (unpaired) electrons. The summed E-state index contributed by atoms with van der Waals surface area (Å²) in [4.78, 5) is 12.3. The maximum atomic E-state index is 12.3. The van der Waals surface area contributed by atoms with Crippen LogP contribution in [0.5, 0.6) is 0 Å². The third-order valence-electron chi connectivity index (χ3n) is 4.44. The number of benzene rings is 2. The first-order chi connectivity index (χ1) is 12.5. The van der Waals surface area contributed by atoms with Crippen LogP contribution in [0.4, 0.5) is 5.69 Å². The van der Waals surface area contributed by atoms with Crippen LogP contribution >= 0.6 is 0 Å². The lowest BCUT2D eigenvalue weighted by atomic mass is 10.1. The maximum Gasteiger partial charge on any atom is 0.248 e. The van der Waals surface area contributed by atoms with Crippen molar-refractivity contribution in [1.29, 1.82) is 0 Å². The Morgan fingerprint density at radius 1 is 1.04 bits per heavy atom. The van der Waals surface area contributed by atoms with Gasteiger partial charge in [0.1, 0.15) is 0 Å². The van der Waals surface area contributed by atoms with Crippen molar-refractivity contribution < 1.29 is 4.79 Å². The summed E-state index contributed by atoms with van der Waals surface area (Å²) in [7, 11) is 0. The lowest BCUT2D eigenvalue weighted by Crippen LogP contribution is -2.10. The van der Waals surface area contributed by atoms with E-state index in [0.29, 0.717) is 6.54 Å². The number of amides is 1. The van der Waals surface area contributed by atoms with Crippen LogP contribution in [0.15, 0.2) is 60.7 Å². The van der Waals surface area contributed by atoms with E-state index in [1.807, 2.05) is 61.0 Å². The number of anilines is 1. The number of hydrogen-bond donors (Lipinski definition) is 1. The molecular weight excluding hydrogens is 322 g/mol. The highest BCUT2D eigenvalue weighted by atomic mass is 16.1. The number of aryl methyl sites for hydroxylation is 2. The Morgan fingerprint density at radius 3 is 2.46 bits per heavy atom. The lowest BCUT2D eigenvalue weighted by molar-refractivity contribution is -0.111. The Hall–Kier alpha value is -3.14. The average Bonchev–Trinajstić information content (AvgIpc) is 2.90. The number of hydrogen-bond acceptors (Lipinski definition) is 2. The number of nitrogens with one attached hydrogen (secondary N) is 1. The summed E-state index contributed by atoms with van der Waals surface area (Å²) in [5.74, 6) is -0.157. The highest BCUT2D eigenvalue weighted by Gasteiger charge is 2.13. The smallest absolute Gasteiger partial charge is 0.248 e. The fourth-order valence-corrected chi connectivity index (χ4v) is 2.88. The molecule has 1 heterocycles. The van der Waals surface area contributed by atoms with Crippen LogP contribution in [-0.4, -0.2) is 15.7 Å². The van der Waals surface area contributed by atoms with Crippen molar-refractivity contribution in [3.05, 3.63) is 88.8 Å². The van der Waals surface area contributed by atoms with E-state index >= 15 is 0 Å². The number of carbonyl (C=O) groups excluding carboxylic acids is 1. The van der Waals surface area contributed by atoms with Crippen LogP contribution in [0, 0.1) is 20.8 Å². The van der Waals surface area contributed by atoms with E-state index in [4.69, 9.17) is 0 Å². The quantitative estimate of drug-likeness (QED) is 0.692. The van der Waals surface area contributed by atoms with E-state index in [1.54, 1.807) is 12.2 Å². The molecule has 1 amide bonds. The number of rotatable bonds is 5. The molecule has 1 aromatic heterocycles. The Balaban J connectivity index is 1.75. The van der Waals surface area contributed by atoms with Crippen LogP contribution in [0.1, 0.15) is 28.1 Å². The van der Waals surface area contributed by atoms with Crippen molar-refractivity contribution in [2.45, 2.75) is 27.3 Å². The van der Waals surface area contributed by atoms with Crippen molar-refractivity contribution in [3.63, 3.8) is 0 Å². The van der Waals surface area contributed by atoms with Crippen LogP contribution in [0.25, 0.3) is 6.08 Å². The standard InChI is InChI=1S/C22H23N3O/c1-16-9-7-8-12-20(16)15-25-18(3)22(17(2)24-25)23-21(26)14-13-19-10-5-4-6-11-19/h4-14H,15H2,1-3H3,(H,23,26). The van der Waals surface area contributed by atoms with Gasteiger partial charge in [-0.1, -0.05) is 54.6 Å². The molecule has 0 aliphatic rings. The second-order valence-electron chi connectivity index (χ2n) is 6.36. The molecule has 1 N–H and O–H groups in total. The molecule has 0 fully saturated rings. The van der Waals surface area contributed by atoms with Crippen LogP contribution in [-0.2, 0) is 11.3 Å². The van der Waals surface area contributed by atoms with Gasteiger partial charge in [-0.05, 0) is 43.5 Å². The first-order valence-electron chi connectivity index (χ1n) is 8.67. The zero-order valence-corrected chi connectivity index (χ0v) is 15.4. The summed E-state index contributed by atoms with van der Waals surface area (Å²) in [5.41, 5.74) is 5.99. The summed E-state index contributed by atoms with van der Waals surface area (Å²) in [6, 6.07) is 18.0. The zero-order valence-electron chi connectivity index (χ0n) is 15.4. The van der Waals surface area contributed by atoms with E-state index in [1.165, 1.54) is 11.1 Å². The lowest BCUT2D eigenvalue weighted by Gasteiger charge is -2.08. The van der Waals surface area contributed by atoms with Gasteiger partial charge in [0.2, 0.25) is 5.91 Å². The molecule has 0 bridgehead atoms. The third-order valence-corrected chi connectivity index (χ3v) is 4.44. The molecule has 4 heteroatoms. The van der Waals surface area contributed by atoms with Crippen molar-refractivity contribution in [2.75, 3.05) is 5.32 Å². The van der Waals surface area contributed by atoms with Crippen LogP contribution in [0.2, 0.25) is 0 Å². The van der Waals surface area contributed by atoms with Gasteiger partial charge < -0.3 is 5.32 Å². The first kappa shape index (κ1) is 17.7. The molecule has 3 aromatic rings. The minimum Gasteiger partial charge on any atom is -0.319 e. The van der Waals surface area contributed by atoms with E-state index < -0.39 is 0 Å². The molecule has 2 aromatic carbocycles. The van der Waals surface area contributed by atoms with E-state index in [-0.39, 0.29) is 5.91 Å². The zero-order chi connectivity index (χ0) is 18.5. The Labute approximate surface area is 154 Å². The fourth-order valence-electron chi connectivity index (χ4n) is 2.88. The van der Waals surface area contributed by atoms with Crippen molar-refractivity contribution >= 4 is 17.7 Å². The van der Waals surface area contributed by atoms with Gasteiger partial charge in [0.15, 0.2) is 0 Å². The average molecular weight is 345 g/mol. The van der Waals surface area contributed by atoms with Crippen molar-refractivity contribution in [3.8, 4) is 0 Å². The Morgan fingerprint density at radius 2 is 1.73 bits per heavy atom. The molecule has 0 unspecified atom stereocenters. The highest BCUT2D eigenvalue weighted by molar-refractivity contribution is 6.02. The molecule has 3 rings (SSSR count). The monoisotopic (exact) mass is 345 g/mol.